The molecular weight excluding hydrogens is 286 g/mol. The fraction of sp³-hybridized carbons (Fsp3) is 0.267. The summed E-state index contributed by atoms with van der Waals surface area (Å²) in [4.78, 5) is 36.1. The number of rotatable bonds is 4. The predicted octanol–water partition coefficient (Wildman–Crippen LogP) is 0.803. The van der Waals surface area contributed by atoms with Gasteiger partial charge < -0.3 is 15.4 Å². The number of carbonyl (C=O) groups is 3. The first kappa shape index (κ1) is 15.6. The molecule has 1 aromatic rings. The van der Waals surface area contributed by atoms with Gasteiger partial charge in [0.1, 0.15) is 0 Å². The lowest BCUT2D eigenvalue weighted by molar-refractivity contribution is -0.127. The van der Waals surface area contributed by atoms with Gasteiger partial charge in [0.2, 0.25) is 0 Å². The van der Waals surface area contributed by atoms with Gasteiger partial charge in [-0.3, -0.25) is 10.1 Å². The molecule has 0 aromatic heterocycles. The van der Waals surface area contributed by atoms with E-state index in [-0.39, 0.29) is 0 Å². The van der Waals surface area contributed by atoms with Gasteiger partial charge in [0.05, 0.1) is 5.56 Å². The van der Waals surface area contributed by atoms with E-state index in [0.29, 0.717) is 5.56 Å². The summed E-state index contributed by atoms with van der Waals surface area (Å²) in [5, 5.41) is 1.85. The normalized spacial score (nSPS) is 14.5. The Kier molecular flexibility index (Phi) is 4.77. The van der Waals surface area contributed by atoms with Crippen molar-refractivity contribution in [1.29, 1.82) is 0 Å². The third-order valence-electron chi connectivity index (χ3n) is 3.19. The molecule has 3 amide bonds. The van der Waals surface area contributed by atoms with Crippen LogP contribution in [0.2, 0.25) is 0 Å². The third kappa shape index (κ3) is 3.85. The highest BCUT2D eigenvalue weighted by Crippen LogP contribution is 2.18. The molecule has 1 atom stereocenters. The fourth-order valence-corrected chi connectivity index (χ4v) is 2.00. The van der Waals surface area contributed by atoms with Gasteiger partial charge in [-0.05, 0) is 31.2 Å². The molecule has 0 fully saturated rings. The number of primary amides is 1. The molecule has 0 spiro atoms. The van der Waals surface area contributed by atoms with Crippen molar-refractivity contribution < 1.29 is 19.1 Å². The van der Waals surface area contributed by atoms with Crippen LogP contribution in [0.1, 0.15) is 17.3 Å². The Bertz CT molecular complexity index is 602. The van der Waals surface area contributed by atoms with E-state index in [1.165, 1.54) is 6.92 Å². The summed E-state index contributed by atoms with van der Waals surface area (Å²) in [5.41, 5.74) is 6.16. The van der Waals surface area contributed by atoms with Crippen molar-refractivity contribution in [2.45, 2.75) is 13.0 Å². The van der Waals surface area contributed by atoms with Crippen LogP contribution in [0, 0.1) is 0 Å². The summed E-state index contributed by atoms with van der Waals surface area (Å²) in [6, 6.07) is 5.91. The van der Waals surface area contributed by atoms with Gasteiger partial charge in [-0.25, -0.2) is 9.59 Å². The highest BCUT2D eigenvalue weighted by atomic mass is 16.5. The number of hydrogen-bond acceptors (Lipinski definition) is 5. The smallest absolute Gasteiger partial charge is 0.338 e. The van der Waals surface area contributed by atoms with E-state index in [1.807, 2.05) is 17.4 Å². The van der Waals surface area contributed by atoms with E-state index in [2.05, 4.69) is 17.1 Å². The average Bonchev–Trinajstić information content (AvgIpc) is 3.00. The quantitative estimate of drug-likeness (QED) is 0.633. The minimum Gasteiger partial charge on any atom is -0.449 e. The summed E-state index contributed by atoms with van der Waals surface area (Å²) in [5.74, 6) is -1.40. The third-order valence-corrected chi connectivity index (χ3v) is 3.19. The largest absolute Gasteiger partial charge is 0.449 e. The maximum absolute atomic E-state index is 11.9. The van der Waals surface area contributed by atoms with Crippen LogP contribution in [0.25, 0.3) is 0 Å². The van der Waals surface area contributed by atoms with Crippen LogP contribution in [0.15, 0.2) is 36.4 Å². The Labute approximate surface area is 127 Å². The first-order valence-corrected chi connectivity index (χ1v) is 6.78. The molecule has 2 rings (SSSR count). The van der Waals surface area contributed by atoms with Gasteiger partial charge in [-0.15, -0.1) is 0 Å². The van der Waals surface area contributed by atoms with Crippen molar-refractivity contribution in [3.63, 3.8) is 0 Å². The molecule has 1 heterocycles. The number of esters is 1. The molecule has 0 radical (unpaired) electrons. The Hall–Kier alpha value is -2.83. The van der Waals surface area contributed by atoms with Crippen molar-refractivity contribution in [3.05, 3.63) is 42.0 Å². The molecule has 0 aliphatic carbocycles. The second-order valence-corrected chi connectivity index (χ2v) is 4.82. The highest BCUT2D eigenvalue weighted by molar-refractivity contribution is 5.98. The van der Waals surface area contributed by atoms with Gasteiger partial charge in [0, 0.05) is 18.8 Å². The van der Waals surface area contributed by atoms with E-state index < -0.39 is 24.0 Å². The number of benzene rings is 1. The number of nitrogens with zero attached hydrogens (tertiary/aromatic N) is 1. The van der Waals surface area contributed by atoms with Crippen LogP contribution < -0.4 is 16.0 Å². The first-order valence-electron chi connectivity index (χ1n) is 6.78. The zero-order valence-electron chi connectivity index (χ0n) is 12.1. The molecule has 3 N–H and O–H groups in total. The minimum atomic E-state index is -1.11. The number of anilines is 1. The van der Waals surface area contributed by atoms with Gasteiger partial charge in [0.15, 0.2) is 6.10 Å². The molecule has 0 saturated carbocycles. The predicted molar refractivity (Wildman–Crippen MR) is 80.4 cm³/mol. The van der Waals surface area contributed by atoms with E-state index in [0.717, 1.165) is 18.8 Å². The molecule has 0 unspecified atom stereocenters. The molecular formula is C15H17N3O4. The lowest BCUT2D eigenvalue weighted by Crippen LogP contribution is -2.42. The lowest BCUT2D eigenvalue weighted by Gasteiger charge is -2.18. The minimum absolute atomic E-state index is 0.328. The van der Waals surface area contributed by atoms with Crippen molar-refractivity contribution in [2.24, 2.45) is 5.73 Å². The molecule has 1 aliphatic rings. The van der Waals surface area contributed by atoms with E-state index in [4.69, 9.17) is 10.5 Å². The zero-order chi connectivity index (χ0) is 16.1. The Balaban J connectivity index is 1.94. The van der Waals surface area contributed by atoms with Crippen molar-refractivity contribution in [2.75, 3.05) is 18.0 Å². The molecule has 116 valence electrons. The summed E-state index contributed by atoms with van der Waals surface area (Å²) in [6.07, 6.45) is 3.03. The number of carbonyl (C=O) groups excluding carboxylic acids is 3. The number of ether oxygens (including phenoxy) is 1. The number of urea groups is 1. The Morgan fingerprint density at radius 2 is 1.77 bits per heavy atom. The monoisotopic (exact) mass is 303 g/mol. The number of imide groups is 1. The van der Waals surface area contributed by atoms with Crippen molar-refractivity contribution >= 4 is 23.6 Å². The maximum Gasteiger partial charge on any atom is 0.338 e. The SMILES string of the molecule is C[C@H](OC(=O)c1ccc(N2CC=CC2)cc1)C(=O)NC(N)=O. The topological polar surface area (TPSA) is 102 Å². The van der Waals surface area contributed by atoms with Crippen LogP contribution in [0.3, 0.4) is 0 Å². The number of hydrogen-bond donors (Lipinski definition) is 2. The number of nitrogens with one attached hydrogen (secondary N) is 1. The van der Waals surface area contributed by atoms with Crippen LogP contribution in [-0.4, -0.2) is 37.1 Å². The lowest BCUT2D eigenvalue weighted by atomic mass is 10.2. The zero-order valence-corrected chi connectivity index (χ0v) is 12.1. The van der Waals surface area contributed by atoms with Crippen LogP contribution in [-0.2, 0) is 9.53 Å². The number of nitrogens with two attached hydrogens (primary N) is 1. The van der Waals surface area contributed by atoms with Crippen molar-refractivity contribution in [3.8, 4) is 0 Å². The summed E-state index contributed by atoms with van der Waals surface area (Å²) in [6.45, 7) is 3.04. The van der Waals surface area contributed by atoms with Gasteiger partial charge in [-0.2, -0.15) is 0 Å². The molecule has 0 bridgehead atoms. The molecule has 22 heavy (non-hydrogen) atoms. The molecule has 7 heteroatoms. The molecule has 1 aromatic carbocycles. The summed E-state index contributed by atoms with van der Waals surface area (Å²) < 4.78 is 4.98. The van der Waals surface area contributed by atoms with Crippen LogP contribution in [0.4, 0.5) is 10.5 Å². The second kappa shape index (κ2) is 6.75. The standard InChI is InChI=1S/C15H17N3O4/c1-10(13(19)17-15(16)21)22-14(20)11-4-6-12(7-5-11)18-8-2-3-9-18/h2-7,10H,8-9H2,1H3,(H3,16,17,19,21)/t10-/m0/s1. The highest BCUT2D eigenvalue weighted by Gasteiger charge is 2.20. The molecule has 7 nitrogen and oxygen atoms in total. The second-order valence-electron chi connectivity index (χ2n) is 4.82. The van der Waals surface area contributed by atoms with E-state index in [1.54, 1.807) is 12.1 Å². The Morgan fingerprint density at radius 1 is 1.18 bits per heavy atom. The number of amides is 3. The van der Waals surface area contributed by atoms with Crippen molar-refractivity contribution in [1.82, 2.24) is 5.32 Å². The van der Waals surface area contributed by atoms with E-state index >= 15 is 0 Å². The summed E-state index contributed by atoms with van der Waals surface area (Å²) >= 11 is 0. The average molecular weight is 303 g/mol. The molecule has 1 aliphatic heterocycles. The summed E-state index contributed by atoms with van der Waals surface area (Å²) in [7, 11) is 0. The maximum atomic E-state index is 11.9. The van der Waals surface area contributed by atoms with Crippen LogP contribution >= 0.6 is 0 Å². The first-order chi connectivity index (χ1) is 10.5. The molecule has 0 saturated heterocycles. The fourth-order valence-electron chi connectivity index (χ4n) is 2.00. The van der Waals surface area contributed by atoms with E-state index in [9.17, 15) is 14.4 Å². The van der Waals surface area contributed by atoms with Crippen LogP contribution in [0.5, 0.6) is 0 Å². The van der Waals surface area contributed by atoms with Gasteiger partial charge >= 0.3 is 12.0 Å². The Morgan fingerprint density at radius 3 is 2.32 bits per heavy atom. The van der Waals surface area contributed by atoms with Gasteiger partial charge in [-0.1, -0.05) is 12.2 Å². The van der Waals surface area contributed by atoms with Gasteiger partial charge in [0.25, 0.3) is 5.91 Å².